The molecule has 9 heteroatoms. The van der Waals surface area contributed by atoms with E-state index in [2.05, 4.69) is 10.0 Å². The Labute approximate surface area is 116 Å². The SMILES string of the molecule is CCNc1sc(S(=O)(=O)NCC(C)C)cc1[N+](=O)[O-]. The zero-order valence-electron chi connectivity index (χ0n) is 11.0. The van der Waals surface area contributed by atoms with Crippen LogP contribution in [0.25, 0.3) is 0 Å². The van der Waals surface area contributed by atoms with Gasteiger partial charge in [0.25, 0.3) is 0 Å². The van der Waals surface area contributed by atoms with Gasteiger partial charge in [-0.3, -0.25) is 10.1 Å². The standard InChI is InChI=1S/C10H17N3O4S2/c1-4-11-10-8(13(14)15)5-9(18-10)19(16,17)12-6-7(2)3/h5,7,11-12H,4,6H2,1-3H3. The van der Waals surface area contributed by atoms with Crippen molar-refractivity contribution in [2.45, 2.75) is 25.0 Å². The molecule has 0 unspecified atom stereocenters. The Balaban J connectivity index is 3.07. The van der Waals surface area contributed by atoms with Gasteiger partial charge < -0.3 is 5.32 Å². The fourth-order valence-corrected chi connectivity index (χ4v) is 3.92. The van der Waals surface area contributed by atoms with Crippen LogP contribution in [0.2, 0.25) is 0 Å². The van der Waals surface area contributed by atoms with E-state index >= 15 is 0 Å². The summed E-state index contributed by atoms with van der Waals surface area (Å²) in [6, 6.07) is 1.09. The van der Waals surface area contributed by atoms with Crippen LogP contribution in [0.4, 0.5) is 10.7 Å². The fourth-order valence-electron chi connectivity index (χ4n) is 1.26. The quantitative estimate of drug-likeness (QED) is 0.593. The molecule has 19 heavy (non-hydrogen) atoms. The lowest BCUT2D eigenvalue weighted by Crippen LogP contribution is -2.26. The third kappa shape index (κ3) is 4.15. The first kappa shape index (κ1) is 15.9. The molecule has 0 radical (unpaired) electrons. The summed E-state index contributed by atoms with van der Waals surface area (Å²) in [6.45, 7) is 6.33. The predicted molar refractivity (Wildman–Crippen MR) is 75.2 cm³/mol. The molecule has 1 heterocycles. The molecule has 1 rings (SSSR count). The molecule has 2 N–H and O–H groups in total. The first-order valence-corrected chi connectivity index (χ1v) is 8.09. The highest BCUT2D eigenvalue weighted by atomic mass is 32.2. The van der Waals surface area contributed by atoms with Crippen LogP contribution in [0.5, 0.6) is 0 Å². The second-order valence-corrected chi connectivity index (χ2v) is 7.36. The minimum Gasteiger partial charge on any atom is -0.372 e. The lowest BCUT2D eigenvalue weighted by atomic mass is 10.2. The van der Waals surface area contributed by atoms with Gasteiger partial charge in [0.1, 0.15) is 4.21 Å². The van der Waals surface area contributed by atoms with Gasteiger partial charge in [-0.25, -0.2) is 13.1 Å². The number of nitrogens with zero attached hydrogens (tertiary/aromatic N) is 1. The minimum atomic E-state index is -3.68. The van der Waals surface area contributed by atoms with E-state index in [1.165, 1.54) is 0 Å². The highest BCUT2D eigenvalue weighted by molar-refractivity contribution is 7.91. The number of rotatable bonds is 7. The summed E-state index contributed by atoms with van der Waals surface area (Å²) in [4.78, 5) is 10.3. The number of sulfonamides is 1. The van der Waals surface area contributed by atoms with Crippen molar-refractivity contribution in [1.82, 2.24) is 4.72 Å². The maximum atomic E-state index is 12.0. The highest BCUT2D eigenvalue weighted by Crippen LogP contribution is 2.36. The third-order valence-electron chi connectivity index (χ3n) is 2.17. The van der Waals surface area contributed by atoms with E-state index in [0.717, 1.165) is 17.4 Å². The van der Waals surface area contributed by atoms with Crippen molar-refractivity contribution in [3.63, 3.8) is 0 Å². The van der Waals surface area contributed by atoms with Gasteiger partial charge in [-0.15, -0.1) is 0 Å². The van der Waals surface area contributed by atoms with E-state index in [1.807, 2.05) is 13.8 Å². The van der Waals surface area contributed by atoms with Gasteiger partial charge in [0.2, 0.25) is 10.0 Å². The van der Waals surface area contributed by atoms with Crippen molar-refractivity contribution in [3.8, 4) is 0 Å². The predicted octanol–water partition coefficient (Wildman–Crippen LogP) is 2.02. The first-order chi connectivity index (χ1) is 8.77. The maximum absolute atomic E-state index is 12.0. The van der Waals surface area contributed by atoms with E-state index in [9.17, 15) is 18.5 Å². The molecule has 0 saturated carbocycles. The third-order valence-corrected chi connectivity index (χ3v) is 5.15. The van der Waals surface area contributed by atoms with Crippen molar-refractivity contribution >= 4 is 32.0 Å². The molecule has 1 aromatic heterocycles. The van der Waals surface area contributed by atoms with Gasteiger partial charge in [0.15, 0.2) is 5.00 Å². The largest absolute Gasteiger partial charge is 0.372 e. The van der Waals surface area contributed by atoms with Crippen LogP contribution in [0.15, 0.2) is 10.3 Å². The fraction of sp³-hybridized carbons (Fsp3) is 0.600. The summed E-state index contributed by atoms with van der Waals surface area (Å²) in [5.41, 5.74) is -0.211. The summed E-state index contributed by atoms with van der Waals surface area (Å²) in [5.74, 6) is 0.165. The Hall–Kier alpha value is -1.19. The van der Waals surface area contributed by atoms with Crippen molar-refractivity contribution in [1.29, 1.82) is 0 Å². The van der Waals surface area contributed by atoms with Gasteiger partial charge >= 0.3 is 5.69 Å². The second kappa shape index (κ2) is 6.31. The molecule has 0 atom stereocenters. The lowest BCUT2D eigenvalue weighted by Gasteiger charge is -2.06. The molecule has 0 bridgehead atoms. The molecule has 0 aromatic carbocycles. The molecule has 0 spiro atoms. The van der Waals surface area contributed by atoms with Crippen molar-refractivity contribution in [2.24, 2.45) is 5.92 Å². The van der Waals surface area contributed by atoms with Crippen LogP contribution in [0.3, 0.4) is 0 Å². The number of thiophene rings is 1. The van der Waals surface area contributed by atoms with Crippen LogP contribution in [0.1, 0.15) is 20.8 Å². The van der Waals surface area contributed by atoms with Crippen molar-refractivity contribution in [3.05, 3.63) is 16.2 Å². The Morgan fingerprint density at radius 2 is 2.11 bits per heavy atom. The van der Waals surface area contributed by atoms with Crippen LogP contribution >= 0.6 is 11.3 Å². The molecule has 0 aliphatic heterocycles. The summed E-state index contributed by atoms with van der Waals surface area (Å²) in [5, 5.41) is 13.9. The molecular formula is C10H17N3O4S2. The van der Waals surface area contributed by atoms with E-state index < -0.39 is 14.9 Å². The monoisotopic (exact) mass is 307 g/mol. The zero-order valence-corrected chi connectivity index (χ0v) is 12.6. The number of nitro groups is 1. The average molecular weight is 307 g/mol. The van der Waals surface area contributed by atoms with Gasteiger partial charge in [-0.2, -0.15) is 0 Å². The molecule has 0 aliphatic rings. The van der Waals surface area contributed by atoms with Crippen LogP contribution < -0.4 is 10.0 Å². The molecule has 0 saturated heterocycles. The number of anilines is 1. The van der Waals surface area contributed by atoms with E-state index in [0.29, 0.717) is 13.1 Å². The molecule has 0 amide bonds. The Morgan fingerprint density at radius 3 is 2.58 bits per heavy atom. The maximum Gasteiger partial charge on any atom is 0.304 e. The number of nitrogens with one attached hydrogen (secondary N) is 2. The molecule has 7 nitrogen and oxygen atoms in total. The van der Waals surface area contributed by atoms with Crippen molar-refractivity contribution in [2.75, 3.05) is 18.4 Å². The summed E-state index contributed by atoms with van der Waals surface area (Å²) < 4.78 is 26.3. The van der Waals surface area contributed by atoms with Gasteiger partial charge in [0, 0.05) is 19.2 Å². The summed E-state index contributed by atoms with van der Waals surface area (Å²) >= 11 is 0.868. The van der Waals surface area contributed by atoms with Gasteiger partial charge in [0.05, 0.1) is 4.92 Å². The average Bonchev–Trinajstić information content (AvgIpc) is 2.72. The smallest absolute Gasteiger partial charge is 0.304 e. The normalized spacial score (nSPS) is 11.8. The van der Waals surface area contributed by atoms with Gasteiger partial charge in [-0.05, 0) is 12.8 Å². The van der Waals surface area contributed by atoms with Crippen molar-refractivity contribution < 1.29 is 13.3 Å². The number of hydrogen-bond donors (Lipinski definition) is 2. The highest BCUT2D eigenvalue weighted by Gasteiger charge is 2.25. The Morgan fingerprint density at radius 1 is 1.47 bits per heavy atom. The van der Waals surface area contributed by atoms with Crippen LogP contribution in [0, 0.1) is 16.0 Å². The Bertz CT molecular complexity index is 551. The topological polar surface area (TPSA) is 101 Å². The summed E-state index contributed by atoms with van der Waals surface area (Å²) in [7, 11) is -3.68. The van der Waals surface area contributed by atoms with E-state index in [1.54, 1.807) is 6.92 Å². The summed E-state index contributed by atoms with van der Waals surface area (Å²) in [6.07, 6.45) is 0. The van der Waals surface area contributed by atoms with Crippen LogP contribution in [-0.2, 0) is 10.0 Å². The number of hydrogen-bond acceptors (Lipinski definition) is 6. The molecule has 0 aliphatic carbocycles. The minimum absolute atomic E-state index is 0.0456. The van der Waals surface area contributed by atoms with Crippen LogP contribution in [-0.4, -0.2) is 26.4 Å². The molecular weight excluding hydrogens is 290 g/mol. The first-order valence-electron chi connectivity index (χ1n) is 5.79. The Kier molecular flexibility index (Phi) is 5.27. The molecule has 1 aromatic rings. The second-order valence-electron chi connectivity index (χ2n) is 4.31. The molecule has 0 fully saturated rings. The van der Waals surface area contributed by atoms with E-state index in [4.69, 9.17) is 0 Å². The van der Waals surface area contributed by atoms with E-state index in [-0.39, 0.29) is 20.8 Å². The lowest BCUT2D eigenvalue weighted by molar-refractivity contribution is -0.383. The zero-order chi connectivity index (χ0) is 14.6. The molecule has 108 valence electrons. The van der Waals surface area contributed by atoms with Gasteiger partial charge in [-0.1, -0.05) is 25.2 Å².